The van der Waals surface area contributed by atoms with E-state index >= 15 is 0 Å². The molecule has 1 heterocycles. The van der Waals surface area contributed by atoms with E-state index in [0.717, 1.165) is 5.56 Å². The van der Waals surface area contributed by atoms with Gasteiger partial charge in [-0.1, -0.05) is 6.07 Å². The summed E-state index contributed by atoms with van der Waals surface area (Å²) < 4.78 is 29.7. The van der Waals surface area contributed by atoms with Crippen molar-refractivity contribution in [3.05, 3.63) is 23.8 Å². The Bertz CT molecular complexity index is 404. The van der Waals surface area contributed by atoms with E-state index in [-0.39, 0.29) is 11.4 Å². The fourth-order valence-electron chi connectivity index (χ4n) is 1.21. The Labute approximate surface area is 78.7 Å². The van der Waals surface area contributed by atoms with Crippen molar-refractivity contribution in [2.75, 3.05) is 5.32 Å². The molecule has 2 rings (SSSR count). The van der Waals surface area contributed by atoms with Crippen LogP contribution < -0.4 is 10.1 Å². The number of fused-ring (bicyclic) bond motifs is 1. The van der Waals surface area contributed by atoms with Crippen molar-refractivity contribution in [1.82, 2.24) is 0 Å². The van der Waals surface area contributed by atoms with Crippen LogP contribution in [0.1, 0.15) is 5.56 Å². The first-order valence-electron chi connectivity index (χ1n) is 3.98. The molecule has 0 aliphatic carbocycles. The quantitative estimate of drug-likeness (QED) is 0.693. The van der Waals surface area contributed by atoms with Crippen molar-refractivity contribution >= 4 is 11.6 Å². The van der Waals surface area contributed by atoms with Crippen molar-refractivity contribution in [2.45, 2.75) is 13.0 Å². The van der Waals surface area contributed by atoms with E-state index in [0.29, 0.717) is 0 Å². The van der Waals surface area contributed by atoms with E-state index in [1.165, 1.54) is 6.07 Å². The van der Waals surface area contributed by atoms with Crippen LogP contribution in [0.5, 0.6) is 5.75 Å². The van der Waals surface area contributed by atoms with Gasteiger partial charge in [-0.05, 0) is 24.6 Å². The minimum Gasteiger partial charge on any atom is -0.423 e. The number of carbonyl (C=O) groups is 1. The molecule has 74 valence electrons. The van der Waals surface area contributed by atoms with Gasteiger partial charge in [-0.15, -0.1) is 0 Å². The lowest BCUT2D eigenvalue weighted by Gasteiger charge is -2.24. The van der Waals surface area contributed by atoms with Crippen molar-refractivity contribution in [3.8, 4) is 5.75 Å². The Balaban J connectivity index is 2.46. The molecule has 0 radical (unpaired) electrons. The molecule has 0 spiro atoms. The second-order valence-corrected chi connectivity index (χ2v) is 3.07. The van der Waals surface area contributed by atoms with Crippen molar-refractivity contribution < 1.29 is 18.3 Å². The van der Waals surface area contributed by atoms with E-state index in [1.54, 1.807) is 19.1 Å². The van der Waals surface area contributed by atoms with E-state index in [9.17, 15) is 13.6 Å². The van der Waals surface area contributed by atoms with Gasteiger partial charge < -0.3 is 10.1 Å². The standard InChI is InChI=1S/C9H7F2NO2/c1-5-2-3-7-6(4-5)12-8(13)9(10,11)14-7/h2-4H,1H3,(H,12,13). The fraction of sp³-hybridized carbons (Fsp3) is 0.222. The molecule has 5 heteroatoms. The third-order valence-electron chi connectivity index (χ3n) is 1.89. The molecule has 1 amide bonds. The minimum absolute atomic E-state index is 0.0137. The number of ether oxygens (including phenoxy) is 1. The summed E-state index contributed by atoms with van der Waals surface area (Å²) in [6, 6.07) is 4.60. The Morgan fingerprint density at radius 1 is 1.43 bits per heavy atom. The summed E-state index contributed by atoms with van der Waals surface area (Å²) in [5, 5.41) is 2.08. The zero-order valence-corrected chi connectivity index (χ0v) is 7.30. The Morgan fingerprint density at radius 3 is 2.86 bits per heavy atom. The number of alkyl halides is 2. The molecule has 0 unspecified atom stereocenters. The van der Waals surface area contributed by atoms with E-state index in [4.69, 9.17) is 0 Å². The van der Waals surface area contributed by atoms with E-state index < -0.39 is 12.0 Å². The normalized spacial score (nSPS) is 18.1. The van der Waals surface area contributed by atoms with Gasteiger partial charge in [0.25, 0.3) is 0 Å². The molecule has 1 aliphatic heterocycles. The lowest BCUT2D eigenvalue weighted by molar-refractivity contribution is -0.189. The number of carbonyl (C=O) groups excluding carboxylic acids is 1. The molecule has 0 saturated carbocycles. The van der Waals surface area contributed by atoms with Crippen molar-refractivity contribution in [2.24, 2.45) is 0 Å². The zero-order valence-electron chi connectivity index (χ0n) is 7.30. The third kappa shape index (κ3) is 1.30. The summed E-state index contributed by atoms with van der Waals surface area (Å²) in [4.78, 5) is 10.8. The maximum absolute atomic E-state index is 12.7. The highest BCUT2D eigenvalue weighted by atomic mass is 19.3. The van der Waals surface area contributed by atoms with Gasteiger partial charge in [-0.25, -0.2) is 0 Å². The molecular weight excluding hydrogens is 192 g/mol. The Kier molecular flexibility index (Phi) is 1.70. The number of hydrogen-bond donors (Lipinski definition) is 1. The van der Waals surface area contributed by atoms with Crippen LogP contribution in [-0.2, 0) is 4.79 Å². The highest BCUT2D eigenvalue weighted by Gasteiger charge is 2.46. The first kappa shape index (κ1) is 8.93. The van der Waals surface area contributed by atoms with Crippen LogP contribution in [0.3, 0.4) is 0 Å². The molecule has 14 heavy (non-hydrogen) atoms. The highest BCUT2D eigenvalue weighted by Crippen LogP contribution is 2.35. The summed E-state index contributed by atoms with van der Waals surface area (Å²) >= 11 is 0. The van der Waals surface area contributed by atoms with Gasteiger partial charge in [0.2, 0.25) is 0 Å². The average Bonchev–Trinajstić information content (AvgIpc) is 2.08. The average molecular weight is 199 g/mol. The molecule has 0 bridgehead atoms. The van der Waals surface area contributed by atoms with Crippen LogP contribution in [0.2, 0.25) is 0 Å². The predicted octanol–water partition coefficient (Wildman–Crippen LogP) is 1.92. The number of halogens is 2. The van der Waals surface area contributed by atoms with Gasteiger partial charge in [0.1, 0.15) is 0 Å². The number of benzene rings is 1. The van der Waals surface area contributed by atoms with Crippen molar-refractivity contribution in [3.63, 3.8) is 0 Å². The van der Waals surface area contributed by atoms with Crippen LogP contribution in [0.15, 0.2) is 18.2 Å². The number of amides is 1. The van der Waals surface area contributed by atoms with Gasteiger partial charge in [0.05, 0.1) is 5.69 Å². The van der Waals surface area contributed by atoms with Crippen LogP contribution >= 0.6 is 0 Å². The Morgan fingerprint density at radius 2 is 2.14 bits per heavy atom. The lowest BCUT2D eigenvalue weighted by atomic mass is 10.2. The molecule has 1 aliphatic rings. The second-order valence-electron chi connectivity index (χ2n) is 3.07. The zero-order chi connectivity index (χ0) is 10.3. The third-order valence-corrected chi connectivity index (χ3v) is 1.89. The smallest absolute Gasteiger partial charge is 0.423 e. The molecule has 0 aromatic heterocycles. The molecule has 0 atom stereocenters. The first-order valence-corrected chi connectivity index (χ1v) is 3.98. The molecule has 1 aromatic carbocycles. The number of aryl methyl sites for hydroxylation is 1. The number of anilines is 1. The van der Waals surface area contributed by atoms with Gasteiger partial charge in [-0.3, -0.25) is 4.79 Å². The van der Waals surface area contributed by atoms with Crippen LogP contribution in [-0.4, -0.2) is 12.0 Å². The largest absolute Gasteiger partial charge is 0.482 e. The van der Waals surface area contributed by atoms with Crippen LogP contribution in [0, 0.1) is 6.92 Å². The van der Waals surface area contributed by atoms with Crippen LogP contribution in [0.25, 0.3) is 0 Å². The second kappa shape index (κ2) is 2.67. The maximum atomic E-state index is 12.7. The first-order chi connectivity index (χ1) is 6.49. The predicted molar refractivity (Wildman–Crippen MR) is 45.4 cm³/mol. The molecule has 1 N–H and O–H groups in total. The fourth-order valence-corrected chi connectivity index (χ4v) is 1.21. The molecule has 0 saturated heterocycles. The van der Waals surface area contributed by atoms with E-state index in [1.807, 2.05) is 0 Å². The summed E-state index contributed by atoms with van der Waals surface area (Å²) in [5.74, 6) is -1.45. The molecule has 3 nitrogen and oxygen atoms in total. The SMILES string of the molecule is Cc1ccc2c(c1)NC(=O)C(F)(F)O2. The van der Waals surface area contributed by atoms with Gasteiger partial charge in [-0.2, -0.15) is 8.78 Å². The summed E-state index contributed by atoms with van der Waals surface area (Å²) in [6.45, 7) is 1.79. The van der Waals surface area contributed by atoms with E-state index in [2.05, 4.69) is 10.1 Å². The molecule has 0 fully saturated rings. The van der Waals surface area contributed by atoms with Gasteiger partial charge in [0, 0.05) is 0 Å². The molecule has 1 aromatic rings. The summed E-state index contributed by atoms with van der Waals surface area (Å²) in [6.07, 6.45) is -3.78. The maximum Gasteiger partial charge on any atom is 0.482 e. The number of rotatable bonds is 0. The summed E-state index contributed by atoms with van der Waals surface area (Å²) in [7, 11) is 0. The Hall–Kier alpha value is -1.65. The lowest BCUT2D eigenvalue weighted by Crippen LogP contribution is -2.43. The number of nitrogens with one attached hydrogen (secondary N) is 1. The molecular formula is C9H7F2NO2. The highest BCUT2D eigenvalue weighted by molar-refractivity contribution is 5.98. The minimum atomic E-state index is -3.78. The van der Waals surface area contributed by atoms with Gasteiger partial charge in [0.15, 0.2) is 5.75 Å². The monoisotopic (exact) mass is 199 g/mol. The van der Waals surface area contributed by atoms with Gasteiger partial charge >= 0.3 is 12.0 Å². The van der Waals surface area contributed by atoms with Crippen molar-refractivity contribution in [1.29, 1.82) is 0 Å². The topological polar surface area (TPSA) is 38.3 Å². The number of hydrogen-bond acceptors (Lipinski definition) is 2. The van der Waals surface area contributed by atoms with Crippen LogP contribution in [0.4, 0.5) is 14.5 Å². The summed E-state index contributed by atoms with van der Waals surface area (Å²) in [5.41, 5.74) is 1.14.